The molecule has 0 spiro atoms. The number of anilines is 3. The Hall–Kier alpha value is -3.57. The fourth-order valence-electron chi connectivity index (χ4n) is 2.89. The first-order chi connectivity index (χ1) is 14.2. The van der Waals surface area contributed by atoms with Gasteiger partial charge in [0.15, 0.2) is 0 Å². The van der Waals surface area contributed by atoms with E-state index in [4.69, 9.17) is 10.5 Å². The molecule has 12 nitrogen and oxygen atoms in total. The number of nitrogens with two attached hydrogens (primary N) is 1. The lowest BCUT2D eigenvalue weighted by Gasteiger charge is -2.21. The topological polar surface area (TPSA) is 157 Å². The van der Waals surface area contributed by atoms with Crippen molar-refractivity contribution in [3.8, 4) is 0 Å². The first kappa shape index (κ1) is 22.7. The zero-order chi connectivity index (χ0) is 22.4. The Balaban J connectivity index is 2.23. The summed E-state index contributed by atoms with van der Waals surface area (Å²) in [4.78, 5) is 52.5. The van der Waals surface area contributed by atoms with Gasteiger partial charge in [-0.3, -0.25) is 23.8 Å². The Labute approximate surface area is 172 Å². The number of amides is 1. The highest BCUT2D eigenvalue weighted by Gasteiger charge is 2.22. The first-order valence-electron chi connectivity index (χ1n) is 9.53. The summed E-state index contributed by atoms with van der Waals surface area (Å²) in [6.07, 6.45) is 2.84. The van der Waals surface area contributed by atoms with E-state index < -0.39 is 23.1 Å². The van der Waals surface area contributed by atoms with Gasteiger partial charge in [0.25, 0.3) is 5.56 Å². The van der Waals surface area contributed by atoms with Gasteiger partial charge in [-0.15, -0.1) is 0 Å². The maximum absolute atomic E-state index is 12.6. The van der Waals surface area contributed by atoms with Crippen molar-refractivity contribution in [3.63, 3.8) is 0 Å². The number of likely N-dealkylation sites (N-methyl/N-ethyl adjacent to an activating group) is 1. The van der Waals surface area contributed by atoms with Crippen molar-refractivity contribution in [3.05, 3.63) is 32.6 Å². The SMILES string of the molecule is CCCCn1c(N)c(N(C)CC(=O)Nc2c(C(=O)OCC)cnn2C)c(=O)[nH]c1=O. The molecule has 0 aliphatic carbocycles. The second-order valence-corrected chi connectivity index (χ2v) is 6.65. The number of aromatic nitrogens is 4. The predicted octanol–water partition coefficient (Wildman–Crippen LogP) is -0.0960. The Kier molecular flexibility index (Phi) is 7.39. The van der Waals surface area contributed by atoms with Crippen LogP contribution in [0.3, 0.4) is 0 Å². The third kappa shape index (κ3) is 4.88. The van der Waals surface area contributed by atoms with Crippen LogP contribution in [0.2, 0.25) is 0 Å². The average Bonchev–Trinajstić information content (AvgIpc) is 3.01. The minimum Gasteiger partial charge on any atom is -0.462 e. The number of H-pyrrole nitrogens is 1. The molecule has 0 bridgehead atoms. The molecule has 0 fully saturated rings. The Morgan fingerprint density at radius 1 is 1.33 bits per heavy atom. The molecule has 0 saturated heterocycles. The van der Waals surface area contributed by atoms with E-state index in [1.54, 1.807) is 14.0 Å². The number of ether oxygens (including phenoxy) is 1. The molecule has 2 heterocycles. The van der Waals surface area contributed by atoms with Crippen molar-refractivity contribution in [2.45, 2.75) is 33.2 Å². The lowest BCUT2D eigenvalue weighted by molar-refractivity contribution is -0.115. The predicted molar refractivity (Wildman–Crippen MR) is 112 cm³/mol. The third-order valence-electron chi connectivity index (χ3n) is 4.40. The number of carbonyl (C=O) groups excluding carboxylic acids is 2. The van der Waals surface area contributed by atoms with Crippen LogP contribution in [0.5, 0.6) is 0 Å². The molecule has 0 saturated carbocycles. The van der Waals surface area contributed by atoms with Crippen LogP contribution < -0.4 is 27.2 Å². The lowest BCUT2D eigenvalue weighted by Crippen LogP contribution is -2.40. The van der Waals surface area contributed by atoms with Crippen molar-refractivity contribution in [2.24, 2.45) is 7.05 Å². The molecule has 0 unspecified atom stereocenters. The number of rotatable bonds is 9. The quantitative estimate of drug-likeness (QED) is 0.474. The molecule has 0 aliphatic rings. The van der Waals surface area contributed by atoms with Crippen molar-refractivity contribution in [1.82, 2.24) is 19.3 Å². The third-order valence-corrected chi connectivity index (χ3v) is 4.40. The molecule has 1 amide bonds. The number of nitrogens with one attached hydrogen (secondary N) is 2. The van der Waals surface area contributed by atoms with Crippen molar-refractivity contribution in [2.75, 3.05) is 36.1 Å². The summed E-state index contributed by atoms with van der Waals surface area (Å²) in [6, 6.07) is 0. The Morgan fingerprint density at radius 2 is 2.03 bits per heavy atom. The minimum atomic E-state index is -0.687. The Bertz CT molecular complexity index is 1040. The van der Waals surface area contributed by atoms with Gasteiger partial charge in [0, 0.05) is 20.6 Å². The van der Waals surface area contributed by atoms with Gasteiger partial charge in [0.05, 0.1) is 19.3 Å². The number of aromatic amines is 1. The molecule has 0 aromatic carbocycles. The standard InChI is InChI=1S/C18H27N7O5/c1-5-7-8-25-14(19)13(16(27)22-18(25)29)23(3)10-12(26)21-15-11(9-20-24(15)4)17(28)30-6-2/h9H,5-8,10,19H2,1-4H3,(H,21,26)(H,22,27,29). The largest absolute Gasteiger partial charge is 0.462 e. The lowest BCUT2D eigenvalue weighted by atomic mass is 10.3. The molecule has 0 atom stereocenters. The molecule has 12 heteroatoms. The molecule has 0 radical (unpaired) electrons. The molecule has 4 N–H and O–H groups in total. The van der Waals surface area contributed by atoms with Gasteiger partial charge in [-0.25, -0.2) is 9.59 Å². The van der Waals surface area contributed by atoms with Gasteiger partial charge in [-0.05, 0) is 13.3 Å². The minimum absolute atomic E-state index is 0.0106. The number of carbonyl (C=O) groups is 2. The normalized spacial score (nSPS) is 10.7. The second-order valence-electron chi connectivity index (χ2n) is 6.65. The molecular formula is C18H27N7O5. The maximum Gasteiger partial charge on any atom is 0.343 e. The van der Waals surface area contributed by atoms with Crippen LogP contribution >= 0.6 is 0 Å². The zero-order valence-corrected chi connectivity index (χ0v) is 17.5. The van der Waals surface area contributed by atoms with Crippen LogP contribution in [0.25, 0.3) is 0 Å². The van der Waals surface area contributed by atoms with Gasteiger partial charge in [-0.1, -0.05) is 13.3 Å². The van der Waals surface area contributed by atoms with Gasteiger partial charge in [-0.2, -0.15) is 5.10 Å². The summed E-state index contributed by atoms with van der Waals surface area (Å²) in [7, 11) is 3.07. The smallest absolute Gasteiger partial charge is 0.343 e. The molecular weight excluding hydrogens is 394 g/mol. The van der Waals surface area contributed by atoms with Gasteiger partial charge in [0.1, 0.15) is 22.9 Å². The van der Waals surface area contributed by atoms with E-state index in [2.05, 4.69) is 15.4 Å². The van der Waals surface area contributed by atoms with Gasteiger partial charge < -0.3 is 20.7 Å². The number of hydrogen-bond acceptors (Lipinski definition) is 8. The van der Waals surface area contributed by atoms with Gasteiger partial charge in [0.2, 0.25) is 5.91 Å². The molecule has 30 heavy (non-hydrogen) atoms. The summed E-state index contributed by atoms with van der Waals surface area (Å²) < 4.78 is 7.56. The monoisotopic (exact) mass is 421 g/mol. The summed E-state index contributed by atoms with van der Waals surface area (Å²) in [6.45, 7) is 3.91. The molecule has 2 aromatic rings. The van der Waals surface area contributed by atoms with E-state index in [-0.39, 0.29) is 36.0 Å². The number of hydrogen-bond donors (Lipinski definition) is 3. The number of unbranched alkanes of at least 4 members (excludes halogenated alkanes) is 1. The molecule has 164 valence electrons. The van der Waals surface area contributed by atoms with Crippen molar-refractivity contribution in [1.29, 1.82) is 0 Å². The zero-order valence-electron chi connectivity index (χ0n) is 17.5. The summed E-state index contributed by atoms with van der Waals surface area (Å²) in [5.74, 6) is -0.975. The number of aryl methyl sites for hydroxylation is 1. The van der Waals surface area contributed by atoms with Crippen LogP contribution in [0.4, 0.5) is 17.3 Å². The van der Waals surface area contributed by atoms with Crippen LogP contribution in [0.1, 0.15) is 37.0 Å². The van der Waals surface area contributed by atoms with E-state index in [9.17, 15) is 19.2 Å². The van der Waals surface area contributed by atoms with E-state index in [1.165, 1.54) is 27.4 Å². The van der Waals surface area contributed by atoms with Crippen LogP contribution in [-0.2, 0) is 23.1 Å². The van der Waals surface area contributed by atoms with Gasteiger partial charge >= 0.3 is 11.7 Å². The van der Waals surface area contributed by atoms with Crippen molar-refractivity contribution < 1.29 is 14.3 Å². The molecule has 2 aromatic heterocycles. The van der Waals surface area contributed by atoms with Crippen LogP contribution in [0, 0.1) is 0 Å². The number of esters is 1. The van der Waals surface area contributed by atoms with Crippen LogP contribution in [0.15, 0.2) is 15.8 Å². The maximum atomic E-state index is 12.6. The summed E-state index contributed by atoms with van der Waals surface area (Å²) in [5, 5.41) is 6.56. The highest BCUT2D eigenvalue weighted by molar-refractivity contribution is 6.01. The van der Waals surface area contributed by atoms with E-state index in [0.717, 1.165) is 6.42 Å². The van der Waals surface area contributed by atoms with Crippen LogP contribution in [-0.4, -0.2) is 51.4 Å². The second kappa shape index (κ2) is 9.76. The molecule has 2 rings (SSSR count). The highest BCUT2D eigenvalue weighted by atomic mass is 16.5. The van der Waals surface area contributed by atoms with E-state index in [1.807, 2.05) is 6.92 Å². The first-order valence-corrected chi connectivity index (χ1v) is 9.53. The van der Waals surface area contributed by atoms with E-state index >= 15 is 0 Å². The average molecular weight is 421 g/mol. The van der Waals surface area contributed by atoms with E-state index in [0.29, 0.717) is 13.0 Å². The number of nitrogen functional groups attached to an aromatic ring is 1. The number of nitrogens with zero attached hydrogens (tertiary/aromatic N) is 4. The molecule has 0 aliphatic heterocycles. The fourth-order valence-corrected chi connectivity index (χ4v) is 2.89. The highest BCUT2D eigenvalue weighted by Crippen LogP contribution is 2.17. The summed E-state index contributed by atoms with van der Waals surface area (Å²) >= 11 is 0. The fraction of sp³-hybridized carbons (Fsp3) is 0.500. The van der Waals surface area contributed by atoms with Crippen molar-refractivity contribution >= 4 is 29.2 Å². The summed E-state index contributed by atoms with van der Waals surface area (Å²) in [5.41, 5.74) is 4.89. The Morgan fingerprint density at radius 3 is 2.67 bits per heavy atom.